The van der Waals surface area contributed by atoms with Crippen LogP contribution in [0.1, 0.15) is 36.0 Å². The summed E-state index contributed by atoms with van der Waals surface area (Å²) in [5.41, 5.74) is 3.75. The van der Waals surface area contributed by atoms with Gasteiger partial charge in [0.15, 0.2) is 0 Å². The second-order valence-corrected chi connectivity index (χ2v) is 7.85. The van der Waals surface area contributed by atoms with Gasteiger partial charge in [-0.1, -0.05) is 30.2 Å². The van der Waals surface area contributed by atoms with E-state index >= 15 is 0 Å². The Bertz CT molecular complexity index is 801. The van der Waals surface area contributed by atoms with Crippen molar-refractivity contribution in [2.75, 3.05) is 18.0 Å². The molecule has 1 saturated heterocycles. The largest absolute Gasteiger partial charge is 0.352 e. The number of aromatic nitrogens is 2. The van der Waals surface area contributed by atoms with Crippen molar-refractivity contribution in [2.24, 2.45) is 11.3 Å². The number of rotatable bonds is 4. The second kappa shape index (κ2) is 6.71. The SMILES string of the molecule is Cc1ccc(C)c(CNC(=O)C2CN(c3ncccn3)CC23CCC3)c1. The number of hydrogen-bond acceptors (Lipinski definition) is 4. The lowest BCUT2D eigenvalue weighted by Crippen LogP contribution is -2.45. The highest BCUT2D eigenvalue weighted by Crippen LogP contribution is 2.52. The van der Waals surface area contributed by atoms with Crippen molar-refractivity contribution < 1.29 is 4.79 Å². The van der Waals surface area contributed by atoms with Gasteiger partial charge in [0.2, 0.25) is 11.9 Å². The molecule has 2 fully saturated rings. The van der Waals surface area contributed by atoms with Crippen molar-refractivity contribution in [3.05, 3.63) is 53.3 Å². The van der Waals surface area contributed by atoms with Gasteiger partial charge in [0.25, 0.3) is 0 Å². The molecule has 2 heterocycles. The maximum absolute atomic E-state index is 13.0. The molecular weight excluding hydrogens is 324 g/mol. The Morgan fingerprint density at radius 1 is 1.27 bits per heavy atom. The Kier molecular flexibility index (Phi) is 4.39. The number of nitrogens with one attached hydrogen (secondary N) is 1. The molecule has 0 radical (unpaired) electrons. The third-order valence-electron chi connectivity index (χ3n) is 6.11. The molecule has 5 heteroatoms. The summed E-state index contributed by atoms with van der Waals surface area (Å²) < 4.78 is 0. The van der Waals surface area contributed by atoms with Gasteiger partial charge in [0.1, 0.15) is 0 Å². The minimum atomic E-state index is 0.0187. The summed E-state index contributed by atoms with van der Waals surface area (Å²) in [6.07, 6.45) is 6.99. The first-order chi connectivity index (χ1) is 12.6. The van der Waals surface area contributed by atoms with Gasteiger partial charge in [-0.2, -0.15) is 0 Å². The van der Waals surface area contributed by atoms with Crippen LogP contribution < -0.4 is 10.2 Å². The fraction of sp³-hybridized carbons (Fsp3) is 0.476. The monoisotopic (exact) mass is 350 g/mol. The van der Waals surface area contributed by atoms with E-state index in [9.17, 15) is 4.79 Å². The van der Waals surface area contributed by atoms with Crippen LogP contribution in [0.5, 0.6) is 0 Å². The molecule has 1 unspecified atom stereocenters. The molecule has 5 nitrogen and oxygen atoms in total. The highest BCUT2D eigenvalue weighted by Gasteiger charge is 2.53. The van der Waals surface area contributed by atoms with Crippen LogP contribution in [0.3, 0.4) is 0 Å². The molecule has 1 amide bonds. The Morgan fingerprint density at radius 3 is 2.73 bits per heavy atom. The molecule has 1 saturated carbocycles. The van der Waals surface area contributed by atoms with E-state index < -0.39 is 0 Å². The summed E-state index contributed by atoms with van der Waals surface area (Å²) in [4.78, 5) is 24.0. The van der Waals surface area contributed by atoms with Crippen LogP contribution in [0.2, 0.25) is 0 Å². The van der Waals surface area contributed by atoms with E-state index in [0.29, 0.717) is 13.1 Å². The van der Waals surface area contributed by atoms with Gasteiger partial charge in [-0.25, -0.2) is 9.97 Å². The summed E-state index contributed by atoms with van der Waals surface area (Å²) in [6, 6.07) is 8.22. The van der Waals surface area contributed by atoms with Gasteiger partial charge in [0, 0.05) is 37.4 Å². The molecule has 1 aliphatic heterocycles. The molecule has 1 aromatic heterocycles. The van der Waals surface area contributed by atoms with E-state index in [1.54, 1.807) is 12.4 Å². The minimum absolute atomic E-state index is 0.0187. The Labute approximate surface area is 154 Å². The standard InChI is InChI=1S/C21H26N4O/c1-15-5-6-16(2)17(11-15)12-24-19(26)18-13-25(14-21(18)7-3-8-21)20-22-9-4-10-23-20/h4-6,9-11,18H,3,7-8,12-14H2,1-2H3,(H,24,26). The maximum Gasteiger partial charge on any atom is 0.225 e. The fourth-order valence-electron chi connectivity index (χ4n) is 4.37. The van der Waals surface area contributed by atoms with E-state index in [2.05, 4.69) is 52.2 Å². The van der Waals surface area contributed by atoms with E-state index in [-0.39, 0.29) is 17.2 Å². The molecule has 1 atom stereocenters. The summed E-state index contributed by atoms with van der Waals surface area (Å²) in [5, 5.41) is 3.20. The third kappa shape index (κ3) is 3.06. The molecule has 2 aromatic rings. The van der Waals surface area contributed by atoms with Gasteiger partial charge in [-0.05, 0) is 43.9 Å². The number of nitrogens with zero attached hydrogens (tertiary/aromatic N) is 3. The summed E-state index contributed by atoms with van der Waals surface area (Å²) in [6.45, 7) is 6.38. The zero-order valence-corrected chi connectivity index (χ0v) is 15.5. The van der Waals surface area contributed by atoms with Crippen LogP contribution in [0, 0.1) is 25.2 Å². The lowest BCUT2D eigenvalue weighted by Gasteiger charge is -2.41. The predicted octanol–water partition coefficient (Wildman–Crippen LogP) is 3.02. The van der Waals surface area contributed by atoms with Crippen LogP contribution in [-0.2, 0) is 11.3 Å². The minimum Gasteiger partial charge on any atom is -0.352 e. The first-order valence-corrected chi connectivity index (χ1v) is 9.43. The van der Waals surface area contributed by atoms with Crippen LogP contribution in [0.4, 0.5) is 5.95 Å². The van der Waals surface area contributed by atoms with Gasteiger partial charge in [-0.3, -0.25) is 4.79 Å². The zero-order valence-electron chi connectivity index (χ0n) is 15.5. The van der Waals surface area contributed by atoms with Crippen molar-refractivity contribution in [3.63, 3.8) is 0 Å². The van der Waals surface area contributed by atoms with Crippen LogP contribution in [-0.4, -0.2) is 29.0 Å². The lowest BCUT2D eigenvalue weighted by atomic mass is 9.62. The second-order valence-electron chi connectivity index (χ2n) is 7.85. The van der Waals surface area contributed by atoms with Crippen LogP contribution in [0.15, 0.2) is 36.7 Å². The van der Waals surface area contributed by atoms with Gasteiger partial charge < -0.3 is 10.2 Å². The molecular formula is C21H26N4O. The van der Waals surface area contributed by atoms with Gasteiger partial charge >= 0.3 is 0 Å². The number of anilines is 1. The molecule has 1 N–H and O–H groups in total. The number of aryl methyl sites for hydroxylation is 2. The van der Waals surface area contributed by atoms with E-state index in [0.717, 1.165) is 25.3 Å². The van der Waals surface area contributed by atoms with Crippen molar-refractivity contribution in [1.82, 2.24) is 15.3 Å². The van der Waals surface area contributed by atoms with Crippen LogP contribution in [0.25, 0.3) is 0 Å². The molecule has 136 valence electrons. The molecule has 2 aliphatic rings. The maximum atomic E-state index is 13.0. The smallest absolute Gasteiger partial charge is 0.225 e. The van der Waals surface area contributed by atoms with Crippen molar-refractivity contribution in [2.45, 2.75) is 39.7 Å². The Hall–Kier alpha value is -2.43. The van der Waals surface area contributed by atoms with Crippen molar-refractivity contribution in [1.29, 1.82) is 0 Å². The van der Waals surface area contributed by atoms with Crippen molar-refractivity contribution in [3.8, 4) is 0 Å². The van der Waals surface area contributed by atoms with Gasteiger partial charge in [-0.15, -0.1) is 0 Å². The number of carbonyl (C=O) groups is 1. The molecule has 1 aliphatic carbocycles. The molecule has 0 bridgehead atoms. The van der Waals surface area contributed by atoms with E-state index in [1.807, 2.05) is 6.07 Å². The molecule has 4 rings (SSSR count). The van der Waals surface area contributed by atoms with E-state index in [1.165, 1.54) is 23.1 Å². The summed E-state index contributed by atoms with van der Waals surface area (Å²) >= 11 is 0. The average molecular weight is 350 g/mol. The average Bonchev–Trinajstić information content (AvgIpc) is 3.04. The Balaban J connectivity index is 1.47. The summed E-state index contributed by atoms with van der Waals surface area (Å²) in [5.74, 6) is 0.929. The first kappa shape index (κ1) is 17.0. The number of hydrogen-bond donors (Lipinski definition) is 1. The molecule has 1 aromatic carbocycles. The highest BCUT2D eigenvalue weighted by molar-refractivity contribution is 5.81. The van der Waals surface area contributed by atoms with Crippen LogP contribution >= 0.6 is 0 Å². The number of amides is 1. The Morgan fingerprint density at radius 2 is 2.04 bits per heavy atom. The van der Waals surface area contributed by atoms with Gasteiger partial charge in [0.05, 0.1) is 5.92 Å². The molecule has 1 spiro atoms. The number of benzene rings is 1. The molecule has 26 heavy (non-hydrogen) atoms. The third-order valence-corrected chi connectivity index (χ3v) is 6.11. The topological polar surface area (TPSA) is 58.1 Å². The quantitative estimate of drug-likeness (QED) is 0.921. The zero-order chi connectivity index (χ0) is 18.1. The van der Waals surface area contributed by atoms with Crippen molar-refractivity contribution >= 4 is 11.9 Å². The summed E-state index contributed by atoms with van der Waals surface area (Å²) in [7, 11) is 0. The normalized spacial score (nSPS) is 20.8. The number of carbonyl (C=O) groups excluding carboxylic acids is 1. The lowest BCUT2D eigenvalue weighted by molar-refractivity contribution is -0.129. The highest BCUT2D eigenvalue weighted by atomic mass is 16.2. The van der Waals surface area contributed by atoms with E-state index in [4.69, 9.17) is 0 Å². The predicted molar refractivity (Wildman–Crippen MR) is 102 cm³/mol. The fourth-order valence-corrected chi connectivity index (χ4v) is 4.37. The first-order valence-electron chi connectivity index (χ1n) is 9.43.